The maximum atomic E-state index is 13.3. The molecule has 2 aromatic rings. The van der Waals surface area contributed by atoms with Crippen LogP contribution in [-0.2, 0) is 10.0 Å². The highest BCUT2D eigenvalue weighted by Crippen LogP contribution is 2.37. The molecule has 1 fully saturated rings. The Kier molecular flexibility index (Phi) is 4.70. The molecule has 0 atom stereocenters. The van der Waals surface area contributed by atoms with Crippen molar-refractivity contribution < 1.29 is 36.3 Å². The molecule has 0 unspecified atom stereocenters. The molecule has 1 saturated carbocycles. The van der Waals surface area contributed by atoms with Crippen LogP contribution in [0.15, 0.2) is 35.2 Å². The van der Waals surface area contributed by atoms with E-state index in [0.717, 1.165) is 6.07 Å². The smallest absolute Gasteiger partial charge is 0.336 e. The third kappa shape index (κ3) is 3.27. The van der Waals surface area contributed by atoms with Crippen molar-refractivity contribution in [3.05, 3.63) is 53.3 Å². The van der Waals surface area contributed by atoms with Gasteiger partial charge in [0.25, 0.3) is 15.9 Å². The number of aliphatic hydroxyl groups excluding tert-OH is 1. The first-order valence-corrected chi connectivity index (χ1v) is 10.2. The molecule has 158 valence electrons. The molecule has 1 aliphatic carbocycles. The van der Waals surface area contributed by atoms with Gasteiger partial charge in [0, 0.05) is 23.4 Å². The van der Waals surface area contributed by atoms with Crippen LogP contribution in [0.2, 0.25) is 0 Å². The average Bonchev–Trinajstić information content (AvgIpc) is 2.64. The van der Waals surface area contributed by atoms with Gasteiger partial charge in [0.15, 0.2) is 17.5 Å². The number of hydrogen-bond donors (Lipinski definition) is 3. The summed E-state index contributed by atoms with van der Waals surface area (Å²) in [6.45, 7) is 0. The van der Waals surface area contributed by atoms with Crippen molar-refractivity contribution in [1.82, 2.24) is 4.31 Å². The lowest BCUT2D eigenvalue weighted by Crippen LogP contribution is -2.55. The number of halogens is 3. The number of hydrogen-bond acceptors (Lipinski definition) is 5. The van der Waals surface area contributed by atoms with Crippen LogP contribution in [0, 0.1) is 17.5 Å². The zero-order chi connectivity index (χ0) is 21.8. The second-order valence-corrected chi connectivity index (χ2v) is 8.71. The van der Waals surface area contributed by atoms with Gasteiger partial charge in [-0.25, -0.2) is 30.7 Å². The van der Waals surface area contributed by atoms with E-state index in [4.69, 9.17) is 0 Å². The monoisotopic (exact) mass is 441 g/mol. The molecule has 30 heavy (non-hydrogen) atoms. The molecule has 0 aromatic heterocycles. The molecular weight excluding hydrogens is 427 g/mol. The first-order chi connectivity index (χ1) is 14.1. The van der Waals surface area contributed by atoms with E-state index in [2.05, 4.69) is 10.6 Å². The lowest BCUT2D eigenvalue weighted by Gasteiger charge is -2.41. The molecule has 3 amide bonds. The number of fused-ring (bicyclic) bond motifs is 1. The van der Waals surface area contributed by atoms with Gasteiger partial charge in [0.2, 0.25) is 0 Å². The number of amides is 3. The van der Waals surface area contributed by atoms with Gasteiger partial charge in [-0.15, -0.1) is 0 Å². The topological polar surface area (TPSA) is 116 Å². The standard InChI is InChI=1S/C18H14F3N3O5S/c19-12-4-9(5-13(20)16(12)21)22-17(26)8-1-2-14-15(3-8)30(28,29)24(18(27)23-14)10-6-11(25)7-10/h1-5,10-11,25H,6-7H2,(H,22,26)(H,23,27)/t10-,11+. The Bertz CT molecular complexity index is 1160. The van der Waals surface area contributed by atoms with Crippen molar-refractivity contribution in [3.8, 4) is 0 Å². The van der Waals surface area contributed by atoms with Crippen molar-refractivity contribution in [2.75, 3.05) is 10.6 Å². The predicted molar refractivity (Wildman–Crippen MR) is 97.8 cm³/mol. The summed E-state index contributed by atoms with van der Waals surface area (Å²) in [5, 5.41) is 14.0. The largest absolute Gasteiger partial charge is 0.393 e. The van der Waals surface area contributed by atoms with Crippen LogP contribution in [-0.4, -0.2) is 41.9 Å². The quantitative estimate of drug-likeness (QED) is 0.633. The Morgan fingerprint density at radius 3 is 2.37 bits per heavy atom. The Hall–Kier alpha value is -3.12. The second kappa shape index (κ2) is 6.99. The summed E-state index contributed by atoms with van der Waals surface area (Å²) >= 11 is 0. The highest BCUT2D eigenvalue weighted by atomic mass is 32.2. The lowest BCUT2D eigenvalue weighted by atomic mass is 9.90. The van der Waals surface area contributed by atoms with E-state index in [9.17, 15) is 36.3 Å². The van der Waals surface area contributed by atoms with Crippen molar-refractivity contribution in [2.45, 2.75) is 29.9 Å². The molecule has 0 spiro atoms. The number of nitrogens with one attached hydrogen (secondary N) is 2. The van der Waals surface area contributed by atoms with Gasteiger partial charge in [-0.05, 0) is 31.0 Å². The molecular formula is C18H14F3N3O5S. The lowest BCUT2D eigenvalue weighted by molar-refractivity contribution is 0.0434. The Morgan fingerprint density at radius 2 is 1.77 bits per heavy atom. The molecule has 2 aromatic carbocycles. The summed E-state index contributed by atoms with van der Waals surface area (Å²) in [6.07, 6.45) is -0.499. The highest BCUT2D eigenvalue weighted by Gasteiger charge is 2.46. The Morgan fingerprint density at radius 1 is 1.13 bits per heavy atom. The predicted octanol–water partition coefficient (Wildman–Crippen LogP) is 2.42. The van der Waals surface area contributed by atoms with E-state index in [1.165, 1.54) is 12.1 Å². The van der Waals surface area contributed by atoms with Crippen LogP contribution in [0.25, 0.3) is 0 Å². The number of rotatable bonds is 3. The van der Waals surface area contributed by atoms with E-state index in [1.54, 1.807) is 0 Å². The van der Waals surface area contributed by atoms with E-state index < -0.39 is 51.6 Å². The van der Waals surface area contributed by atoms with Gasteiger partial charge < -0.3 is 15.7 Å². The summed E-state index contributed by atoms with van der Waals surface area (Å²) in [6, 6.07) is 3.01. The summed E-state index contributed by atoms with van der Waals surface area (Å²) in [5.41, 5.74) is -0.575. The number of urea groups is 1. The van der Waals surface area contributed by atoms with Crippen LogP contribution in [0.3, 0.4) is 0 Å². The number of anilines is 2. The molecule has 0 saturated heterocycles. The van der Waals surface area contributed by atoms with E-state index >= 15 is 0 Å². The first-order valence-electron chi connectivity index (χ1n) is 8.71. The fraction of sp³-hybridized carbons (Fsp3) is 0.222. The maximum Gasteiger partial charge on any atom is 0.336 e. The molecule has 0 radical (unpaired) electrons. The summed E-state index contributed by atoms with van der Waals surface area (Å²) in [4.78, 5) is 24.3. The number of aliphatic hydroxyl groups is 1. The summed E-state index contributed by atoms with van der Waals surface area (Å²) in [7, 11) is -4.30. The summed E-state index contributed by atoms with van der Waals surface area (Å²) in [5.74, 6) is -5.59. The molecule has 2 aliphatic rings. The molecule has 1 aliphatic heterocycles. The minimum absolute atomic E-state index is 0.0356. The van der Waals surface area contributed by atoms with Crippen LogP contribution in [0.4, 0.5) is 29.3 Å². The molecule has 4 rings (SSSR count). The normalized spacial score (nSPS) is 22.0. The highest BCUT2D eigenvalue weighted by molar-refractivity contribution is 7.90. The second-order valence-electron chi connectivity index (χ2n) is 6.93. The van der Waals surface area contributed by atoms with Gasteiger partial charge >= 0.3 is 6.03 Å². The number of sulfonamides is 1. The number of carbonyl (C=O) groups excluding carboxylic acids is 2. The van der Waals surface area contributed by atoms with Gasteiger partial charge in [-0.2, -0.15) is 0 Å². The Labute approximate surface area is 168 Å². The maximum absolute atomic E-state index is 13.3. The Balaban J connectivity index is 1.65. The van der Waals surface area contributed by atoms with Crippen LogP contribution in [0.1, 0.15) is 23.2 Å². The van der Waals surface area contributed by atoms with Crippen LogP contribution >= 0.6 is 0 Å². The zero-order valence-corrected chi connectivity index (χ0v) is 15.8. The van der Waals surface area contributed by atoms with Gasteiger partial charge in [-0.1, -0.05) is 0 Å². The van der Waals surface area contributed by atoms with Gasteiger partial charge in [0.1, 0.15) is 4.90 Å². The van der Waals surface area contributed by atoms with Crippen molar-refractivity contribution >= 4 is 33.3 Å². The SMILES string of the molecule is O=C(Nc1cc(F)c(F)c(F)c1)c1ccc2c(c1)S(=O)(=O)N([C@H]1C[C@@H](O)C1)C(=O)N2. The molecule has 8 nitrogen and oxygen atoms in total. The third-order valence-corrected chi connectivity index (χ3v) is 6.76. The first kappa shape index (κ1) is 20.2. The fourth-order valence-electron chi connectivity index (χ4n) is 3.31. The summed E-state index contributed by atoms with van der Waals surface area (Å²) < 4.78 is 66.2. The van der Waals surface area contributed by atoms with Crippen molar-refractivity contribution in [1.29, 1.82) is 0 Å². The molecule has 1 heterocycles. The van der Waals surface area contributed by atoms with Gasteiger partial charge in [-0.3, -0.25) is 4.79 Å². The third-order valence-electron chi connectivity index (χ3n) is 4.88. The van der Waals surface area contributed by atoms with Crippen molar-refractivity contribution in [3.63, 3.8) is 0 Å². The van der Waals surface area contributed by atoms with Crippen LogP contribution < -0.4 is 10.6 Å². The average molecular weight is 441 g/mol. The van der Waals surface area contributed by atoms with Crippen LogP contribution in [0.5, 0.6) is 0 Å². The van der Waals surface area contributed by atoms with Gasteiger partial charge in [0.05, 0.1) is 17.8 Å². The fourth-order valence-corrected chi connectivity index (χ4v) is 5.02. The minimum atomic E-state index is -4.30. The molecule has 12 heteroatoms. The van der Waals surface area contributed by atoms with E-state index in [1.807, 2.05) is 0 Å². The molecule has 0 bridgehead atoms. The number of carbonyl (C=O) groups is 2. The zero-order valence-electron chi connectivity index (χ0n) is 15.0. The minimum Gasteiger partial charge on any atom is -0.393 e. The number of nitrogens with zero attached hydrogens (tertiary/aromatic N) is 1. The van der Waals surface area contributed by atoms with E-state index in [-0.39, 0.29) is 34.7 Å². The van der Waals surface area contributed by atoms with Crippen molar-refractivity contribution in [2.24, 2.45) is 0 Å². The number of benzene rings is 2. The van der Waals surface area contributed by atoms with E-state index in [0.29, 0.717) is 16.4 Å². The molecule has 3 N–H and O–H groups in total.